The monoisotopic (exact) mass is 340 g/mol. The van der Waals surface area contributed by atoms with Crippen LogP contribution < -0.4 is 0 Å². The molecule has 4 heteroatoms. The topological polar surface area (TPSA) is 36.9 Å². The third kappa shape index (κ3) is 2.48. The summed E-state index contributed by atoms with van der Waals surface area (Å²) < 4.78 is 0. The minimum absolute atomic E-state index is 0.132. The molecule has 3 aliphatic rings. The molecule has 2 spiro atoms. The van der Waals surface area contributed by atoms with Gasteiger partial charge in [0.15, 0.2) is 0 Å². The molecule has 2 saturated carbocycles. The minimum atomic E-state index is -0.811. The Morgan fingerprint density at radius 1 is 0.583 bits per heavy atom. The summed E-state index contributed by atoms with van der Waals surface area (Å²) in [5.41, 5.74) is 0.263. The molecule has 0 aromatic rings. The van der Waals surface area contributed by atoms with Crippen LogP contribution in [0.4, 0.5) is 0 Å². The Labute approximate surface area is 147 Å². The van der Waals surface area contributed by atoms with Crippen molar-refractivity contribution in [1.82, 2.24) is 0 Å². The lowest BCUT2D eigenvalue weighted by molar-refractivity contribution is -0.691. The SMILES string of the molecule is CC1CCC(C)(C)C(C)C12OOC1(OO2)C(C)CCC(C)(C)C1C. The van der Waals surface area contributed by atoms with E-state index < -0.39 is 11.6 Å². The molecule has 2 aliphatic carbocycles. The maximum Gasteiger partial charge on any atom is 0.239 e. The third-order valence-electron chi connectivity index (χ3n) is 7.97. The number of hydrogen-bond donors (Lipinski definition) is 0. The molecular weight excluding hydrogens is 304 g/mol. The van der Waals surface area contributed by atoms with Crippen molar-refractivity contribution in [1.29, 1.82) is 0 Å². The fourth-order valence-electron chi connectivity index (χ4n) is 4.86. The third-order valence-corrected chi connectivity index (χ3v) is 7.97. The maximum absolute atomic E-state index is 6.15. The zero-order chi connectivity index (χ0) is 18.0. The Kier molecular flexibility index (Phi) is 4.40. The maximum atomic E-state index is 6.15. The average molecular weight is 341 g/mol. The summed E-state index contributed by atoms with van der Waals surface area (Å²) >= 11 is 0. The molecule has 1 heterocycles. The van der Waals surface area contributed by atoms with Crippen LogP contribution in [0.5, 0.6) is 0 Å². The number of hydrogen-bond acceptors (Lipinski definition) is 4. The summed E-state index contributed by atoms with van der Waals surface area (Å²) in [6.07, 6.45) is 4.42. The summed E-state index contributed by atoms with van der Waals surface area (Å²) in [5.74, 6) is -0.774. The molecular formula is C20H36O4. The van der Waals surface area contributed by atoms with Crippen molar-refractivity contribution in [2.24, 2.45) is 34.5 Å². The summed E-state index contributed by atoms with van der Waals surface area (Å²) in [6, 6.07) is 0. The van der Waals surface area contributed by atoms with Crippen molar-refractivity contribution in [3.63, 3.8) is 0 Å². The molecule has 0 amide bonds. The number of rotatable bonds is 0. The van der Waals surface area contributed by atoms with Gasteiger partial charge in [-0.25, -0.2) is 0 Å². The van der Waals surface area contributed by atoms with Gasteiger partial charge in [-0.2, -0.15) is 19.6 Å². The van der Waals surface area contributed by atoms with Gasteiger partial charge in [0, 0.05) is 23.7 Å². The second-order valence-corrected chi connectivity index (χ2v) is 10.1. The largest absolute Gasteiger partial charge is 0.239 e. The first-order valence-electron chi connectivity index (χ1n) is 9.71. The van der Waals surface area contributed by atoms with Crippen LogP contribution in [0.25, 0.3) is 0 Å². The second kappa shape index (κ2) is 5.67. The van der Waals surface area contributed by atoms with Gasteiger partial charge in [-0.1, -0.05) is 55.4 Å². The lowest BCUT2D eigenvalue weighted by Gasteiger charge is -2.59. The Hall–Kier alpha value is -0.160. The molecule has 3 fully saturated rings. The highest BCUT2D eigenvalue weighted by Crippen LogP contribution is 2.58. The van der Waals surface area contributed by atoms with Gasteiger partial charge in [0.1, 0.15) is 0 Å². The molecule has 140 valence electrons. The Bertz CT molecular complexity index is 432. The fourth-order valence-corrected chi connectivity index (χ4v) is 4.86. The van der Waals surface area contributed by atoms with E-state index in [4.69, 9.17) is 19.6 Å². The predicted molar refractivity (Wildman–Crippen MR) is 92.5 cm³/mol. The molecule has 0 radical (unpaired) electrons. The highest BCUT2D eigenvalue weighted by Gasteiger charge is 2.64. The van der Waals surface area contributed by atoms with Crippen LogP contribution in [0.2, 0.25) is 0 Å². The van der Waals surface area contributed by atoms with E-state index in [1.165, 1.54) is 0 Å². The molecule has 4 nitrogen and oxygen atoms in total. The van der Waals surface area contributed by atoms with E-state index in [1.54, 1.807) is 0 Å². The van der Waals surface area contributed by atoms with Crippen LogP contribution in [0.15, 0.2) is 0 Å². The zero-order valence-electron chi connectivity index (χ0n) is 16.8. The van der Waals surface area contributed by atoms with Gasteiger partial charge in [-0.05, 0) is 36.5 Å². The highest BCUT2D eigenvalue weighted by atomic mass is 17.4. The van der Waals surface area contributed by atoms with Gasteiger partial charge >= 0.3 is 0 Å². The summed E-state index contributed by atoms with van der Waals surface area (Å²) in [4.78, 5) is 24.6. The molecule has 0 aromatic heterocycles. The van der Waals surface area contributed by atoms with E-state index >= 15 is 0 Å². The summed E-state index contributed by atoms with van der Waals surface area (Å²) in [7, 11) is 0. The van der Waals surface area contributed by atoms with Crippen LogP contribution in [-0.2, 0) is 19.6 Å². The summed E-state index contributed by atoms with van der Waals surface area (Å²) in [6.45, 7) is 17.8. The normalized spacial score (nSPS) is 51.0. The Morgan fingerprint density at radius 2 is 0.875 bits per heavy atom. The molecule has 4 atom stereocenters. The first-order chi connectivity index (χ1) is 11.0. The van der Waals surface area contributed by atoms with Crippen molar-refractivity contribution in [2.75, 3.05) is 0 Å². The van der Waals surface area contributed by atoms with E-state index in [0.29, 0.717) is 0 Å². The van der Waals surface area contributed by atoms with E-state index in [9.17, 15) is 0 Å². The molecule has 1 saturated heterocycles. The van der Waals surface area contributed by atoms with Gasteiger partial charge < -0.3 is 0 Å². The van der Waals surface area contributed by atoms with Crippen molar-refractivity contribution >= 4 is 0 Å². The quantitative estimate of drug-likeness (QED) is 0.548. The van der Waals surface area contributed by atoms with Crippen molar-refractivity contribution < 1.29 is 19.6 Å². The van der Waals surface area contributed by atoms with Crippen molar-refractivity contribution in [3.05, 3.63) is 0 Å². The predicted octanol–water partition coefficient (Wildman–Crippen LogP) is 5.47. The first kappa shape index (κ1) is 18.6. The van der Waals surface area contributed by atoms with Gasteiger partial charge in [-0.15, -0.1) is 0 Å². The van der Waals surface area contributed by atoms with Crippen molar-refractivity contribution in [3.8, 4) is 0 Å². The standard InChI is InChI=1S/C20H36O4/c1-13-9-11-17(5,6)15(3)19(13)21-23-20(24-22-19)14(2)10-12-18(7,8)16(20)4/h13-16H,9-12H2,1-8H3. The highest BCUT2D eigenvalue weighted by molar-refractivity contribution is 4.98. The lowest BCUT2D eigenvalue weighted by atomic mass is 9.62. The second-order valence-electron chi connectivity index (χ2n) is 10.1. The zero-order valence-corrected chi connectivity index (χ0v) is 16.8. The van der Waals surface area contributed by atoms with E-state index in [2.05, 4.69) is 55.4 Å². The van der Waals surface area contributed by atoms with Crippen LogP contribution in [0.3, 0.4) is 0 Å². The van der Waals surface area contributed by atoms with Gasteiger partial charge in [-0.3, -0.25) is 0 Å². The van der Waals surface area contributed by atoms with E-state index in [-0.39, 0.29) is 34.5 Å². The summed E-state index contributed by atoms with van der Waals surface area (Å²) in [5, 5.41) is 0. The van der Waals surface area contributed by atoms with E-state index in [1.807, 2.05) is 0 Å². The molecule has 3 rings (SSSR count). The lowest BCUT2D eigenvalue weighted by Crippen LogP contribution is -2.66. The Morgan fingerprint density at radius 3 is 1.17 bits per heavy atom. The average Bonchev–Trinajstić information content (AvgIpc) is 2.54. The smallest absolute Gasteiger partial charge is 0.194 e. The van der Waals surface area contributed by atoms with Crippen LogP contribution >= 0.6 is 0 Å². The molecule has 1 aliphatic heterocycles. The molecule has 0 bridgehead atoms. The van der Waals surface area contributed by atoms with Gasteiger partial charge in [0.05, 0.1) is 0 Å². The van der Waals surface area contributed by atoms with Crippen LogP contribution in [-0.4, -0.2) is 11.6 Å². The van der Waals surface area contributed by atoms with Crippen LogP contribution in [0, 0.1) is 34.5 Å². The minimum Gasteiger partial charge on any atom is -0.194 e. The molecule has 24 heavy (non-hydrogen) atoms. The Balaban J connectivity index is 1.86. The van der Waals surface area contributed by atoms with Crippen LogP contribution in [0.1, 0.15) is 81.1 Å². The molecule has 0 aromatic carbocycles. The molecule has 0 N–H and O–H groups in total. The van der Waals surface area contributed by atoms with Gasteiger partial charge in [0.2, 0.25) is 11.6 Å². The fraction of sp³-hybridized carbons (Fsp3) is 1.00. The molecule has 4 unspecified atom stereocenters. The first-order valence-corrected chi connectivity index (χ1v) is 9.71. The van der Waals surface area contributed by atoms with E-state index in [0.717, 1.165) is 25.7 Å². The van der Waals surface area contributed by atoms with Gasteiger partial charge in [0.25, 0.3) is 0 Å². The van der Waals surface area contributed by atoms with Crippen molar-refractivity contribution in [2.45, 2.75) is 92.6 Å².